The quantitative estimate of drug-likeness (QED) is 0.198. The summed E-state index contributed by atoms with van der Waals surface area (Å²) in [5, 5.41) is 8.10. The summed E-state index contributed by atoms with van der Waals surface area (Å²) in [6.45, 7) is 0. The van der Waals surface area contributed by atoms with E-state index in [1.165, 1.54) is 21.5 Å². The van der Waals surface area contributed by atoms with Gasteiger partial charge in [0.05, 0.1) is 27.6 Å². The topological polar surface area (TPSA) is 48.3 Å². The molecule has 0 bridgehead atoms. The maximum absolute atomic E-state index is 6.14. The molecule has 5 nitrogen and oxygen atoms in total. The second kappa shape index (κ2) is 9.05. The van der Waals surface area contributed by atoms with Crippen LogP contribution in [0, 0.1) is 0 Å². The van der Waals surface area contributed by atoms with E-state index in [-0.39, 0.29) is 0 Å². The molecular weight excluding hydrogens is 576 g/mol. The van der Waals surface area contributed by atoms with Crippen LogP contribution in [-0.2, 0) is 0 Å². The number of furan rings is 1. The average molecular weight is 601 g/mol. The van der Waals surface area contributed by atoms with Gasteiger partial charge in [0.25, 0.3) is 0 Å². The summed E-state index contributed by atoms with van der Waals surface area (Å²) in [7, 11) is 0. The van der Waals surface area contributed by atoms with E-state index in [9.17, 15) is 0 Å². The highest BCUT2D eigenvalue weighted by Crippen LogP contribution is 2.40. The van der Waals surface area contributed by atoms with Crippen LogP contribution < -0.4 is 0 Å². The summed E-state index contributed by atoms with van der Waals surface area (Å²) in [6, 6.07) is 51.3. The number of nitrogens with zero attached hydrogens (tertiary/aromatic N) is 4. The van der Waals surface area contributed by atoms with Crippen molar-refractivity contribution >= 4 is 82.1 Å². The first-order chi connectivity index (χ1) is 23.3. The molecule has 0 saturated heterocycles. The zero-order chi connectivity index (χ0) is 30.6. The number of rotatable bonds is 2. The minimum atomic E-state index is 0.821. The first-order valence-electron chi connectivity index (χ1n) is 15.8. The molecule has 0 spiro atoms. The molecule has 0 fully saturated rings. The Bertz CT molecular complexity index is 3090. The Hall–Kier alpha value is -6.46. The Labute approximate surface area is 267 Å². The lowest BCUT2D eigenvalue weighted by molar-refractivity contribution is 0.669. The lowest BCUT2D eigenvalue weighted by atomic mass is 9.99. The van der Waals surface area contributed by atoms with Gasteiger partial charge in [-0.3, -0.25) is 8.97 Å². The van der Waals surface area contributed by atoms with Crippen LogP contribution in [0.25, 0.3) is 99.2 Å². The molecule has 7 aromatic carbocycles. The molecule has 11 aromatic rings. The van der Waals surface area contributed by atoms with Crippen LogP contribution in [0.5, 0.6) is 0 Å². The fraction of sp³-hybridized carbons (Fsp3) is 0. The summed E-state index contributed by atoms with van der Waals surface area (Å²) in [5.41, 5.74) is 10.1. The van der Waals surface area contributed by atoms with Crippen LogP contribution in [0.15, 0.2) is 150 Å². The zero-order valence-corrected chi connectivity index (χ0v) is 25.1. The van der Waals surface area contributed by atoms with Gasteiger partial charge in [-0.15, -0.1) is 0 Å². The van der Waals surface area contributed by atoms with Crippen molar-refractivity contribution in [3.8, 4) is 17.1 Å². The predicted molar refractivity (Wildman–Crippen MR) is 193 cm³/mol. The van der Waals surface area contributed by atoms with Crippen LogP contribution in [0.3, 0.4) is 0 Å². The Morgan fingerprint density at radius 1 is 0.447 bits per heavy atom. The molecule has 0 radical (unpaired) electrons. The highest BCUT2D eigenvalue weighted by molar-refractivity contribution is 6.22. The smallest absolute Gasteiger partial charge is 0.221 e. The number of fused-ring (bicyclic) bond motifs is 13. The zero-order valence-electron chi connectivity index (χ0n) is 25.1. The maximum atomic E-state index is 6.14. The van der Waals surface area contributed by atoms with Gasteiger partial charge in [-0.05, 0) is 82.6 Å². The molecule has 0 atom stereocenters. The van der Waals surface area contributed by atoms with Gasteiger partial charge >= 0.3 is 0 Å². The van der Waals surface area contributed by atoms with Gasteiger partial charge < -0.3 is 4.42 Å². The Balaban J connectivity index is 1.27. The normalized spacial score (nSPS) is 12.3. The monoisotopic (exact) mass is 600 g/mol. The molecule has 4 heterocycles. The minimum absolute atomic E-state index is 0.821. The van der Waals surface area contributed by atoms with Crippen molar-refractivity contribution in [2.75, 3.05) is 0 Å². The second-order valence-corrected chi connectivity index (χ2v) is 12.2. The molecule has 47 heavy (non-hydrogen) atoms. The summed E-state index contributed by atoms with van der Waals surface area (Å²) < 4.78 is 10.7. The van der Waals surface area contributed by atoms with E-state index in [4.69, 9.17) is 14.4 Å². The SMILES string of the molecule is c1ccc2c(c1)ccc1c2c2cc(-c3ccc4oc5ccccc5c4c3)ccc2n1-c1nc2ccccc2c2nc3ccccc3n12. The highest BCUT2D eigenvalue weighted by Gasteiger charge is 2.21. The van der Waals surface area contributed by atoms with Crippen molar-refractivity contribution < 1.29 is 4.42 Å². The first-order valence-corrected chi connectivity index (χ1v) is 15.8. The highest BCUT2D eigenvalue weighted by atomic mass is 16.3. The van der Waals surface area contributed by atoms with Crippen LogP contribution >= 0.6 is 0 Å². The molecule has 0 aliphatic rings. The standard InChI is InChI=1S/C42H24N4O/c1-2-10-28-25(9-1)17-21-37-40(28)32-24-26(27-19-22-39-31(23-27)29-11-4-8-16-38(29)47-39)18-20-35(32)45(37)42-44-33-13-5-3-12-30(33)41-43-34-14-6-7-15-36(34)46(41)42/h1-24H. The largest absolute Gasteiger partial charge is 0.456 e. The molecule has 218 valence electrons. The van der Waals surface area contributed by atoms with Crippen molar-refractivity contribution in [1.82, 2.24) is 18.9 Å². The molecule has 0 aliphatic heterocycles. The van der Waals surface area contributed by atoms with E-state index < -0.39 is 0 Å². The van der Waals surface area contributed by atoms with Crippen molar-refractivity contribution in [3.63, 3.8) is 0 Å². The minimum Gasteiger partial charge on any atom is -0.456 e. The number of hydrogen-bond acceptors (Lipinski definition) is 3. The molecule has 11 rings (SSSR count). The number of aromatic nitrogens is 4. The van der Waals surface area contributed by atoms with E-state index >= 15 is 0 Å². The Morgan fingerprint density at radius 3 is 2.04 bits per heavy atom. The predicted octanol–water partition coefficient (Wildman–Crippen LogP) is 10.9. The Morgan fingerprint density at radius 2 is 1.13 bits per heavy atom. The van der Waals surface area contributed by atoms with Crippen LogP contribution in [0.4, 0.5) is 0 Å². The van der Waals surface area contributed by atoms with Crippen LogP contribution in [-0.4, -0.2) is 18.9 Å². The molecule has 4 aromatic heterocycles. The van der Waals surface area contributed by atoms with Gasteiger partial charge in [0.15, 0.2) is 0 Å². The third-order valence-electron chi connectivity index (χ3n) is 9.69. The molecule has 0 unspecified atom stereocenters. The van der Waals surface area contributed by atoms with Crippen LogP contribution in [0.1, 0.15) is 0 Å². The van der Waals surface area contributed by atoms with Gasteiger partial charge in [0.1, 0.15) is 16.8 Å². The molecule has 0 N–H and O–H groups in total. The van der Waals surface area contributed by atoms with Gasteiger partial charge in [0.2, 0.25) is 5.95 Å². The van der Waals surface area contributed by atoms with E-state index in [2.05, 4.69) is 130 Å². The number of hydrogen-bond donors (Lipinski definition) is 0. The summed E-state index contributed by atoms with van der Waals surface area (Å²) in [5.74, 6) is 0.821. The summed E-state index contributed by atoms with van der Waals surface area (Å²) in [4.78, 5) is 10.5. The van der Waals surface area contributed by atoms with E-state index in [1.807, 2.05) is 24.3 Å². The maximum Gasteiger partial charge on any atom is 0.221 e. The Kier molecular flexibility index (Phi) is 4.78. The fourth-order valence-corrected chi connectivity index (χ4v) is 7.57. The van der Waals surface area contributed by atoms with Gasteiger partial charge in [-0.25, -0.2) is 9.97 Å². The molecule has 5 heteroatoms. The lowest BCUT2D eigenvalue weighted by Gasteiger charge is -2.12. The molecule has 0 saturated carbocycles. The van der Waals surface area contributed by atoms with Crippen molar-refractivity contribution in [1.29, 1.82) is 0 Å². The molecule has 0 amide bonds. The van der Waals surface area contributed by atoms with Gasteiger partial charge in [-0.2, -0.15) is 0 Å². The molecular formula is C42H24N4O. The van der Waals surface area contributed by atoms with Crippen LogP contribution in [0.2, 0.25) is 0 Å². The average Bonchev–Trinajstić information content (AvgIpc) is 3.81. The van der Waals surface area contributed by atoms with E-state index in [0.29, 0.717) is 0 Å². The van der Waals surface area contributed by atoms with E-state index in [1.54, 1.807) is 0 Å². The van der Waals surface area contributed by atoms with Crippen molar-refractivity contribution in [2.45, 2.75) is 0 Å². The third kappa shape index (κ3) is 3.37. The second-order valence-electron chi connectivity index (χ2n) is 12.2. The molecule has 0 aliphatic carbocycles. The van der Waals surface area contributed by atoms with E-state index in [0.717, 1.165) is 77.6 Å². The van der Waals surface area contributed by atoms with Crippen molar-refractivity contribution in [2.24, 2.45) is 0 Å². The first kappa shape index (κ1) is 24.8. The third-order valence-corrected chi connectivity index (χ3v) is 9.69. The lowest BCUT2D eigenvalue weighted by Crippen LogP contribution is -2.06. The van der Waals surface area contributed by atoms with Gasteiger partial charge in [0, 0.05) is 26.9 Å². The summed E-state index contributed by atoms with van der Waals surface area (Å²) in [6.07, 6.45) is 0. The number of benzene rings is 7. The number of para-hydroxylation sites is 4. The fourth-order valence-electron chi connectivity index (χ4n) is 7.57. The van der Waals surface area contributed by atoms with Gasteiger partial charge in [-0.1, -0.05) is 84.9 Å². The summed E-state index contributed by atoms with van der Waals surface area (Å²) >= 11 is 0. The van der Waals surface area contributed by atoms with Crippen molar-refractivity contribution in [3.05, 3.63) is 146 Å². The number of imidazole rings is 1.